The third kappa shape index (κ3) is 3.95. The Morgan fingerprint density at radius 3 is 2.39 bits per heavy atom. The molecule has 0 saturated heterocycles. The van der Waals surface area contributed by atoms with E-state index in [2.05, 4.69) is 24.4 Å². The van der Waals surface area contributed by atoms with Crippen LogP contribution >= 0.6 is 0 Å². The molecule has 3 heteroatoms. The highest BCUT2D eigenvalue weighted by molar-refractivity contribution is 5.95. The van der Waals surface area contributed by atoms with Crippen LogP contribution in [0.25, 0.3) is 0 Å². The number of aliphatic hydroxyl groups excluding tert-OH is 1. The van der Waals surface area contributed by atoms with Crippen LogP contribution in [-0.2, 0) is 4.79 Å². The zero-order valence-corrected chi connectivity index (χ0v) is 14.2. The molecule has 3 rings (SSSR count). The van der Waals surface area contributed by atoms with Crippen molar-refractivity contribution in [3.05, 3.63) is 29.8 Å². The van der Waals surface area contributed by atoms with Crippen molar-refractivity contribution in [1.29, 1.82) is 0 Å². The maximum absolute atomic E-state index is 12.9. The molecule has 1 aromatic rings. The highest BCUT2D eigenvalue weighted by atomic mass is 16.3. The van der Waals surface area contributed by atoms with Gasteiger partial charge in [0.2, 0.25) is 5.91 Å². The molecule has 0 aromatic heterocycles. The first-order valence-electron chi connectivity index (χ1n) is 9.22. The van der Waals surface area contributed by atoms with Gasteiger partial charge in [0.05, 0.1) is 6.10 Å². The molecule has 0 heterocycles. The summed E-state index contributed by atoms with van der Waals surface area (Å²) in [6.45, 7) is 2.17. The van der Waals surface area contributed by atoms with Gasteiger partial charge in [0.15, 0.2) is 0 Å². The topological polar surface area (TPSA) is 49.3 Å². The molecule has 0 radical (unpaired) electrons. The zero-order valence-electron chi connectivity index (χ0n) is 14.2. The molecule has 0 spiro atoms. The van der Waals surface area contributed by atoms with Crippen LogP contribution in [0.4, 0.5) is 5.69 Å². The fraction of sp³-hybridized carbons (Fsp3) is 0.650. The van der Waals surface area contributed by atoms with E-state index in [1.165, 1.54) is 18.4 Å². The Kier molecular flexibility index (Phi) is 5.05. The van der Waals surface area contributed by atoms with Crippen molar-refractivity contribution in [2.45, 2.75) is 76.7 Å². The number of carbonyl (C=O) groups is 1. The van der Waals surface area contributed by atoms with Crippen LogP contribution in [0.1, 0.15) is 76.2 Å². The summed E-state index contributed by atoms with van der Waals surface area (Å²) in [5, 5.41) is 12.9. The normalized spacial score (nSPS) is 27.7. The lowest BCUT2D eigenvalue weighted by Gasteiger charge is -2.37. The minimum atomic E-state index is -0.287. The molecule has 1 aromatic carbocycles. The fourth-order valence-corrected chi connectivity index (χ4v) is 3.78. The van der Waals surface area contributed by atoms with Crippen molar-refractivity contribution < 1.29 is 9.90 Å². The molecule has 2 saturated carbocycles. The predicted octanol–water partition coefficient (Wildman–Crippen LogP) is 4.61. The first-order chi connectivity index (χ1) is 11.1. The van der Waals surface area contributed by atoms with Gasteiger partial charge >= 0.3 is 0 Å². The Labute approximate surface area is 139 Å². The van der Waals surface area contributed by atoms with Crippen molar-refractivity contribution >= 4 is 11.6 Å². The first-order valence-corrected chi connectivity index (χ1v) is 9.22. The van der Waals surface area contributed by atoms with Crippen LogP contribution in [0.3, 0.4) is 0 Å². The van der Waals surface area contributed by atoms with Crippen LogP contribution in [0.15, 0.2) is 24.3 Å². The van der Waals surface area contributed by atoms with Crippen LogP contribution in [0, 0.1) is 5.41 Å². The minimum absolute atomic E-state index is 0.150. The Morgan fingerprint density at radius 1 is 1.17 bits per heavy atom. The number of amides is 1. The molecule has 2 N–H and O–H groups in total. The summed E-state index contributed by atoms with van der Waals surface area (Å²) in [5.41, 5.74) is 2.01. The average Bonchev–Trinajstić information content (AvgIpc) is 3.40. The van der Waals surface area contributed by atoms with Gasteiger partial charge in [-0.1, -0.05) is 31.9 Å². The molecular formula is C20H29NO2. The monoisotopic (exact) mass is 315 g/mol. The smallest absolute Gasteiger partial charge is 0.230 e. The van der Waals surface area contributed by atoms with E-state index < -0.39 is 0 Å². The maximum Gasteiger partial charge on any atom is 0.230 e. The number of benzene rings is 1. The van der Waals surface area contributed by atoms with E-state index in [-0.39, 0.29) is 17.4 Å². The second-order valence-electron chi connectivity index (χ2n) is 7.47. The van der Waals surface area contributed by atoms with Gasteiger partial charge in [-0.25, -0.2) is 0 Å². The van der Waals surface area contributed by atoms with Crippen molar-refractivity contribution in [2.75, 3.05) is 5.32 Å². The molecule has 2 fully saturated rings. The highest BCUT2D eigenvalue weighted by Crippen LogP contribution is 2.42. The number of nitrogens with one attached hydrogen (secondary N) is 1. The van der Waals surface area contributed by atoms with Crippen LogP contribution in [-0.4, -0.2) is 17.1 Å². The van der Waals surface area contributed by atoms with Gasteiger partial charge in [-0.15, -0.1) is 0 Å². The molecule has 126 valence electrons. The van der Waals surface area contributed by atoms with Gasteiger partial charge in [0.1, 0.15) is 0 Å². The highest BCUT2D eigenvalue weighted by Gasteiger charge is 2.40. The molecule has 0 bridgehead atoms. The number of anilines is 1. The lowest BCUT2D eigenvalue weighted by atomic mass is 9.69. The Bertz CT molecular complexity index is 520. The van der Waals surface area contributed by atoms with Gasteiger partial charge in [-0.3, -0.25) is 4.79 Å². The van der Waals surface area contributed by atoms with Crippen molar-refractivity contribution in [3.8, 4) is 0 Å². The predicted molar refractivity (Wildman–Crippen MR) is 93.5 cm³/mol. The number of hydrogen-bond acceptors (Lipinski definition) is 2. The van der Waals surface area contributed by atoms with Crippen molar-refractivity contribution in [3.63, 3.8) is 0 Å². The quantitative estimate of drug-likeness (QED) is 0.805. The third-order valence-corrected chi connectivity index (χ3v) is 5.62. The van der Waals surface area contributed by atoms with E-state index in [1.54, 1.807) is 0 Å². The van der Waals surface area contributed by atoms with Crippen LogP contribution < -0.4 is 5.32 Å². The van der Waals surface area contributed by atoms with E-state index >= 15 is 0 Å². The Balaban J connectivity index is 1.67. The van der Waals surface area contributed by atoms with Gasteiger partial charge in [-0.2, -0.15) is 0 Å². The summed E-state index contributed by atoms with van der Waals surface area (Å²) in [7, 11) is 0. The SMILES string of the molecule is CCCCC1(C(=O)Nc2ccc(C3CC3)cc2)CCC(O)CC1. The first kappa shape index (κ1) is 16.5. The van der Waals surface area contributed by atoms with E-state index in [0.29, 0.717) is 0 Å². The number of aliphatic hydroxyl groups is 1. The van der Waals surface area contributed by atoms with E-state index in [0.717, 1.165) is 56.6 Å². The standard InChI is InChI=1S/C20H29NO2/c1-2-3-12-20(13-10-18(22)11-14-20)19(23)21-17-8-6-16(7-9-17)15-4-5-15/h6-9,15,18,22H,2-5,10-14H2,1H3,(H,21,23). The fourth-order valence-electron chi connectivity index (χ4n) is 3.78. The van der Waals surface area contributed by atoms with Gasteiger partial charge in [0.25, 0.3) is 0 Å². The van der Waals surface area contributed by atoms with Gasteiger partial charge in [0, 0.05) is 11.1 Å². The summed E-state index contributed by atoms with van der Waals surface area (Å²) < 4.78 is 0. The molecule has 3 nitrogen and oxygen atoms in total. The number of rotatable bonds is 6. The zero-order chi connectivity index (χ0) is 16.3. The second-order valence-corrected chi connectivity index (χ2v) is 7.47. The van der Waals surface area contributed by atoms with E-state index in [4.69, 9.17) is 0 Å². The maximum atomic E-state index is 12.9. The summed E-state index contributed by atoms with van der Waals surface area (Å²) in [6.07, 6.45) is 8.59. The van der Waals surface area contributed by atoms with E-state index in [9.17, 15) is 9.90 Å². The van der Waals surface area contributed by atoms with Crippen LogP contribution in [0.5, 0.6) is 0 Å². The molecule has 2 aliphatic rings. The van der Waals surface area contributed by atoms with Gasteiger partial charge in [-0.05, 0) is 68.6 Å². The van der Waals surface area contributed by atoms with Crippen molar-refractivity contribution in [2.24, 2.45) is 5.41 Å². The summed E-state index contributed by atoms with van der Waals surface area (Å²) in [4.78, 5) is 12.9. The molecule has 0 unspecified atom stereocenters. The summed E-state index contributed by atoms with van der Waals surface area (Å²) in [5.74, 6) is 0.896. The molecule has 0 atom stereocenters. The lowest BCUT2D eigenvalue weighted by molar-refractivity contribution is -0.129. The summed E-state index contributed by atoms with van der Waals surface area (Å²) in [6, 6.07) is 8.38. The van der Waals surface area contributed by atoms with Gasteiger partial charge < -0.3 is 10.4 Å². The molecule has 1 amide bonds. The molecule has 0 aliphatic heterocycles. The minimum Gasteiger partial charge on any atom is -0.393 e. The largest absolute Gasteiger partial charge is 0.393 e. The number of hydrogen-bond donors (Lipinski definition) is 2. The average molecular weight is 315 g/mol. The van der Waals surface area contributed by atoms with E-state index in [1.807, 2.05) is 12.1 Å². The lowest BCUT2D eigenvalue weighted by Crippen LogP contribution is -2.40. The number of unbranched alkanes of at least 4 members (excludes halogenated alkanes) is 1. The van der Waals surface area contributed by atoms with Crippen molar-refractivity contribution in [1.82, 2.24) is 0 Å². The Hall–Kier alpha value is -1.35. The Morgan fingerprint density at radius 2 is 1.83 bits per heavy atom. The third-order valence-electron chi connectivity index (χ3n) is 5.62. The molecule has 2 aliphatic carbocycles. The second kappa shape index (κ2) is 7.04. The summed E-state index contributed by atoms with van der Waals surface area (Å²) >= 11 is 0. The number of carbonyl (C=O) groups excluding carboxylic acids is 1. The van der Waals surface area contributed by atoms with Crippen LogP contribution in [0.2, 0.25) is 0 Å². The molecular weight excluding hydrogens is 286 g/mol. The molecule has 23 heavy (non-hydrogen) atoms.